The second kappa shape index (κ2) is 7.17. The maximum absolute atomic E-state index is 12.4. The molecule has 1 aromatic carbocycles. The summed E-state index contributed by atoms with van der Waals surface area (Å²) in [5.74, 6) is 0.488. The average Bonchev–Trinajstić information content (AvgIpc) is 2.41. The zero-order valence-corrected chi connectivity index (χ0v) is 12.2. The van der Waals surface area contributed by atoms with Gasteiger partial charge in [-0.25, -0.2) is 0 Å². The second-order valence-corrected chi connectivity index (χ2v) is 5.48. The van der Waals surface area contributed by atoms with Gasteiger partial charge in [0.25, 0.3) is 5.91 Å². The number of nitrogen functional groups attached to an aromatic ring is 1. The highest BCUT2D eigenvalue weighted by Gasteiger charge is 2.18. The zero-order valence-electron chi connectivity index (χ0n) is 12.2. The molecule has 1 fully saturated rings. The first-order valence-corrected chi connectivity index (χ1v) is 7.45. The van der Waals surface area contributed by atoms with Crippen LogP contribution in [0.15, 0.2) is 18.2 Å². The van der Waals surface area contributed by atoms with Gasteiger partial charge in [-0.3, -0.25) is 4.79 Å². The Hall–Kier alpha value is -1.71. The highest BCUT2D eigenvalue weighted by atomic mass is 16.5. The van der Waals surface area contributed by atoms with E-state index in [2.05, 4.69) is 5.32 Å². The molecule has 0 heterocycles. The van der Waals surface area contributed by atoms with E-state index in [0.717, 1.165) is 12.8 Å². The Bertz CT molecular complexity index is 452. The molecule has 0 aromatic heterocycles. The molecule has 0 unspecified atom stereocenters. The van der Waals surface area contributed by atoms with Gasteiger partial charge in [0.05, 0.1) is 12.7 Å². The predicted octanol–water partition coefficient (Wildman–Crippen LogP) is 3.12. The Kier molecular flexibility index (Phi) is 5.27. The lowest BCUT2D eigenvalue weighted by atomic mass is 9.96. The average molecular weight is 276 g/mol. The van der Waals surface area contributed by atoms with Gasteiger partial charge >= 0.3 is 0 Å². The maximum Gasteiger partial charge on any atom is 0.255 e. The van der Waals surface area contributed by atoms with Crippen molar-refractivity contribution in [2.45, 2.75) is 51.0 Å². The Balaban J connectivity index is 2.04. The molecule has 1 aliphatic carbocycles. The van der Waals surface area contributed by atoms with Crippen LogP contribution in [0.25, 0.3) is 0 Å². The fourth-order valence-corrected chi connectivity index (χ4v) is 2.77. The molecule has 4 heteroatoms. The fraction of sp³-hybridized carbons (Fsp3) is 0.562. The lowest BCUT2D eigenvalue weighted by Gasteiger charge is -2.21. The molecule has 0 bridgehead atoms. The van der Waals surface area contributed by atoms with Crippen LogP contribution in [0, 0.1) is 0 Å². The van der Waals surface area contributed by atoms with Crippen molar-refractivity contribution in [3.63, 3.8) is 0 Å². The topological polar surface area (TPSA) is 64.3 Å². The van der Waals surface area contributed by atoms with Gasteiger partial charge in [-0.1, -0.05) is 32.1 Å². The van der Waals surface area contributed by atoms with Crippen LogP contribution in [0.5, 0.6) is 5.75 Å². The van der Waals surface area contributed by atoms with Gasteiger partial charge in [-0.15, -0.1) is 0 Å². The molecule has 0 radical (unpaired) electrons. The first-order chi connectivity index (χ1) is 9.70. The van der Waals surface area contributed by atoms with Crippen LogP contribution in [0.1, 0.15) is 55.3 Å². The third kappa shape index (κ3) is 3.89. The SMILES string of the molecule is COc1ccc(N)cc1C(=O)NC1CCCCCCC1. The van der Waals surface area contributed by atoms with E-state index < -0.39 is 0 Å². The first-order valence-electron chi connectivity index (χ1n) is 7.45. The van der Waals surface area contributed by atoms with Crippen LogP contribution in [-0.4, -0.2) is 19.1 Å². The van der Waals surface area contributed by atoms with Crippen molar-refractivity contribution >= 4 is 11.6 Å². The summed E-state index contributed by atoms with van der Waals surface area (Å²) in [6, 6.07) is 5.43. The summed E-state index contributed by atoms with van der Waals surface area (Å²) in [4.78, 5) is 12.4. The highest BCUT2D eigenvalue weighted by molar-refractivity contribution is 5.98. The number of benzene rings is 1. The van der Waals surface area contributed by atoms with Crippen LogP contribution < -0.4 is 15.8 Å². The molecule has 0 atom stereocenters. The fourth-order valence-electron chi connectivity index (χ4n) is 2.77. The number of hydrogen-bond donors (Lipinski definition) is 2. The molecule has 1 saturated carbocycles. The summed E-state index contributed by atoms with van der Waals surface area (Å²) in [5, 5.41) is 3.13. The molecule has 3 N–H and O–H groups in total. The number of nitrogens with two attached hydrogens (primary N) is 1. The number of nitrogens with one attached hydrogen (secondary N) is 1. The van der Waals surface area contributed by atoms with Gasteiger partial charge < -0.3 is 15.8 Å². The summed E-state index contributed by atoms with van der Waals surface area (Å²) in [6.07, 6.45) is 8.39. The largest absolute Gasteiger partial charge is 0.496 e. The third-order valence-corrected chi connectivity index (χ3v) is 3.91. The minimum atomic E-state index is -0.0836. The molecule has 1 aliphatic rings. The predicted molar refractivity (Wildman–Crippen MR) is 81.0 cm³/mol. The van der Waals surface area contributed by atoms with E-state index in [4.69, 9.17) is 10.5 Å². The van der Waals surface area contributed by atoms with Gasteiger partial charge in [0.1, 0.15) is 5.75 Å². The number of hydrogen-bond acceptors (Lipinski definition) is 3. The van der Waals surface area contributed by atoms with Crippen molar-refractivity contribution in [2.24, 2.45) is 0 Å². The molecule has 110 valence electrons. The van der Waals surface area contributed by atoms with Crippen molar-refractivity contribution in [2.75, 3.05) is 12.8 Å². The number of amides is 1. The summed E-state index contributed by atoms with van der Waals surface area (Å²) in [6.45, 7) is 0. The highest BCUT2D eigenvalue weighted by Crippen LogP contribution is 2.22. The summed E-state index contributed by atoms with van der Waals surface area (Å²) in [7, 11) is 1.57. The minimum absolute atomic E-state index is 0.0836. The molecular weight excluding hydrogens is 252 g/mol. The van der Waals surface area contributed by atoms with E-state index in [0.29, 0.717) is 17.0 Å². The van der Waals surface area contributed by atoms with Gasteiger partial charge in [-0.05, 0) is 31.0 Å². The summed E-state index contributed by atoms with van der Waals surface area (Å²) in [5.41, 5.74) is 6.86. The maximum atomic E-state index is 12.4. The molecule has 1 amide bonds. The van der Waals surface area contributed by atoms with Gasteiger partial charge in [0.15, 0.2) is 0 Å². The smallest absolute Gasteiger partial charge is 0.255 e. The lowest BCUT2D eigenvalue weighted by Crippen LogP contribution is -2.35. The lowest BCUT2D eigenvalue weighted by molar-refractivity contribution is 0.0927. The molecule has 0 spiro atoms. The molecule has 0 aliphatic heterocycles. The van der Waals surface area contributed by atoms with Gasteiger partial charge in [-0.2, -0.15) is 0 Å². The third-order valence-electron chi connectivity index (χ3n) is 3.91. The normalized spacial score (nSPS) is 17.1. The standard InChI is InChI=1S/C16H24N2O2/c1-20-15-10-9-12(17)11-14(15)16(19)18-13-7-5-3-2-4-6-8-13/h9-11,13H,2-8,17H2,1H3,(H,18,19). The van der Waals surface area contributed by atoms with Crippen LogP contribution in [0.4, 0.5) is 5.69 Å². The number of anilines is 1. The number of carbonyl (C=O) groups is 1. The number of methoxy groups -OCH3 is 1. The van der Waals surface area contributed by atoms with E-state index in [1.54, 1.807) is 25.3 Å². The second-order valence-electron chi connectivity index (χ2n) is 5.48. The van der Waals surface area contributed by atoms with Crippen LogP contribution >= 0.6 is 0 Å². The van der Waals surface area contributed by atoms with E-state index in [9.17, 15) is 4.79 Å². The Morgan fingerprint density at radius 2 is 1.85 bits per heavy atom. The number of carbonyl (C=O) groups excluding carboxylic acids is 1. The molecule has 1 aromatic rings. The molecule has 20 heavy (non-hydrogen) atoms. The van der Waals surface area contributed by atoms with Crippen molar-refractivity contribution in [1.82, 2.24) is 5.32 Å². The molecule has 2 rings (SSSR count). The van der Waals surface area contributed by atoms with Gasteiger partial charge in [0.2, 0.25) is 0 Å². The van der Waals surface area contributed by atoms with Crippen molar-refractivity contribution < 1.29 is 9.53 Å². The monoisotopic (exact) mass is 276 g/mol. The van der Waals surface area contributed by atoms with E-state index in [1.165, 1.54) is 32.1 Å². The van der Waals surface area contributed by atoms with Crippen LogP contribution in [0.2, 0.25) is 0 Å². The Labute approximate surface area is 120 Å². The molecule has 4 nitrogen and oxygen atoms in total. The van der Waals surface area contributed by atoms with E-state index in [1.807, 2.05) is 0 Å². The molecule has 0 saturated heterocycles. The Morgan fingerprint density at radius 3 is 2.50 bits per heavy atom. The Morgan fingerprint density at radius 1 is 1.20 bits per heavy atom. The van der Waals surface area contributed by atoms with Crippen molar-refractivity contribution in [1.29, 1.82) is 0 Å². The molecular formula is C16H24N2O2. The summed E-state index contributed by atoms with van der Waals surface area (Å²) < 4.78 is 5.24. The van der Waals surface area contributed by atoms with E-state index in [-0.39, 0.29) is 11.9 Å². The number of ether oxygens (including phenoxy) is 1. The quantitative estimate of drug-likeness (QED) is 0.834. The zero-order chi connectivity index (χ0) is 14.4. The minimum Gasteiger partial charge on any atom is -0.496 e. The van der Waals surface area contributed by atoms with E-state index >= 15 is 0 Å². The van der Waals surface area contributed by atoms with Crippen molar-refractivity contribution in [3.8, 4) is 5.75 Å². The van der Waals surface area contributed by atoms with Crippen LogP contribution in [-0.2, 0) is 0 Å². The van der Waals surface area contributed by atoms with Gasteiger partial charge in [0, 0.05) is 11.7 Å². The number of rotatable bonds is 3. The first kappa shape index (κ1) is 14.7. The van der Waals surface area contributed by atoms with Crippen LogP contribution in [0.3, 0.4) is 0 Å². The van der Waals surface area contributed by atoms with Crippen molar-refractivity contribution in [3.05, 3.63) is 23.8 Å². The summed E-state index contributed by atoms with van der Waals surface area (Å²) >= 11 is 0.